The van der Waals surface area contributed by atoms with Gasteiger partial charge >= 0.3 is 0 Å². The molecule has 2 bridgehead atoms. The fourth-order valence-electron chi connectivity index (χ4n) is 3.31. The lowest BCUT2D eigenvalue weighted by Crippen LogP contribution is -2.29. The Bertz CT molecular complexity index is 204. The molecule has 1 nitrogen and oxygen atoms in total. The Morgan fingerprint density at radius 2 is 1.93 bits per heavy atom. The summed E-state index contributed by atoms with van der Waals surface area (Å²) >= 11 is 0. The lowest BCUT2D eigenvalue weighted by Gasteiger charge is -2.31. The largest absolute Gasteiger partial charge is 0.393 e. The van der Waals surface area contributed by atoms with Crippen molar-refractivity contribution in [1.29, 1.82) is 0 Å². The molecule has 0 aromatic heterocycles. The van der Waals surface area contributed by atoms with E-state index in [0.29, 0.717) is 0 Å². The zero-order valence-corrected chi connectivity index (χ0v) is 9.79. The van der Waals surface area contributed by atoms with E-state index in [4.69, 9.17) is 0 Å². The first kappa shape index (κ1) is 10.5. The number of aliphatic hydroxyl groups is 1. The first-order chi connectivity index (χ1) is 6.47. The van der Waals surface area contributed by atoms with Crippen LogP contribution in [0.2, 0.25) is 0 Å². The number of fused-ring (bicyclic) bond motifs is 2. The summed E-state index contributed by atoms with van der Waals surface area (Å²) in [5.41, 5.74) is 0.0713. The van der Waals surface area contributed by atoms with Crippen LogP contribution in [0, 0.1) is 23.2 Å². The van der Waals surface area contributed by atoms with Crippen LogP contribution >= 0.6 is 0 Å². The normalized spacial score (nSPS) is 39.0. The molecule has 0 spiro atoms. The number of hydrogen-bond acceptors (Lipinski definition) is 1. The Labute approximate surface area is 87.9 Å². The molecule has 2 rings (SSSR count). The van der Waals surface area contributed by atoms with Crippen LogP contribution in [0.4, 0.5) is 0 Å². The van der Waals surface area contributed by atoms with Crippen molar-refractivity contribution >= 4 is 0 Å². The van der Waals surface area contributed by atoms with Crippen molar-refractivity contribution in [2.75, 3.05) is 0 Å². The first-order valence-electron chi connectivity index (χ1n) is 6.15. The Hall–Kier alpha value is -0.0400. The van der Waals surface area contributed by atoms with E-state index in [2.05, 4.69) is 20.8 Å². The van der Waals surface area contributed by atoms with E-state index in [1.807, 2.05) is 0 Å². The van der Waals surface area contributed by atoms with Crippen molar-refractivity contribution in [3.8, 4) is 0 Å². The number of hydrogen-bond donors (Lipinski definition) is 1. The second-order valence-electron chi connectivity index (χ2n) is 6.55. The van der Waals surface area contributed by atoms with Gasteiger partial charge in [-0.05, 0) is 48.9 Å². The molecule has 1 heteroatoms. The molecule has 2 aliphatic rings. The van der Waals surface area contributed by atoms with E-state index in [1.165, 1.54) is 25.7 Å². The van der Waals surface area contributed by atoms with E-state index < -0.39 is 0 Å². The predicted octanol–water partition coefficient (Wildman–Crippen LogP) is 3.22. The minimum absolute atomic E-state index is 0.0713. The van der Waals surface area contributed by atoms with Gasteiger partial charge in [-0.25, -0.2) is 0 Å². The third-order valence-corrected chi connectivity index (χ3v) is 4.41. The molecule has 1 N–H and O–H groups in total. The zero-order chi connectivity index (χ0) is 10.3. The van der Waals surface area contributed by atoms with Crippen molar-refractivity contribution in [1.82, 2.24) is 0 Å². The number of aliphatic hydroxyl groups excluding tert-OH is 1. The molecule has 0 saturated heterocycles. The quantitative estimate of drug-likeness (QED) is 0.719. The van der Waals surface area contributed by atoms with E-state index in [1.54, 1.807) is 0 Å². The van der Waals surface area contributed by atoms with Crippen LogP contribution < -0.4 is 0 Å². The average Bonchev–Trinajstić information content (AvgIpc) is 2.62. The first-order valence-corrected chi connectivity index (χ1v) is 6.15. The van der Waals surface area contributed by atoms with Crippen LogP contribution in [-0.4, -0.2) is 11.2 Å². The maximum atomic E-state index is 10.1. The van der Waals surface area contributed by atoms with Gasteiger partial charge in [0.05, 0.1) is 6.10 Å². The van der Waals surface area contributed by atoms with Crippen molar-refractivity contribution in [2.24, 2.45) is 23.2 Å². The minimum Gasteiger partial charge on any atom is -0.393 e. The van der Waals surface area contributed by atoms with Crippen LogP contribution in [-0.2, 0) is 0 Å². The van der Waals surface area contributed by atoms with E-state index >= 15 is 0 Å². The van der Waals surface area contributed by atoms with Crippen LogP contribution in [0.25, 0.3) is 0 Å². The van der Waals surface area contributed by atoms with Gasteiger partial charge in [-0.1, -0.05) is 27.2 Å². The molecular weight excluding hydrogens is 172 g/mol. The lowest BCUT2D eigenvalue weighted by atomic mass is 9.78. The summed E-state index contributed by atoms with van der Waals surface area (Å²) in [6.07, 6.45) is 6.70. The van der Waals surface area contributed by atoms with Gasteiger partial charge in [-0.3, -0.25) is 0 Å². The standard InChI is InChI=1S/C13H24O/c1-13(2,3)12(14)8-11-7-9-4-5-10(11)6-9/h9-12,14H,4-8H2,1-3H3/t9-,10+,11+,12?/m1/s1. The Morgan fingerprint density at radius 1 is 1.21 bits per heavy atom. The highest BCUT2D eigenvalue weighted by Crippen LogP contribution is 2.50. The summed E-state index contributed by atoms with van der Waals surface area (Å²) in [5.74, 6) is 2.80. The molecule has 0 aromatic carbocycles. The maximum Gasteiger partial charge on any atom is 0.0591 e. The topological polar surface area (TPSA) is 20.2 Å². The average molecular weight is 196 g/mol. The predicted molar refractivity (Wildman–Crippen MR) is 59.0 cm³/mol. The molecule has 0 amide bonds. The van der Waals surface area contributed by atoms with Crippen molar-refractivity contribution in [2.45, 2.75) is 59.0 Å². The fraction of sp³-hybridized carbons (Fsp3) is 1.00. The molecule has 2 fully saturated rings. The highest BCUT2D eigenvalue weighted by Gasteiger charge is 2.41. The lowest BCUT2D eigenvalue weighted by molar-refractivity contribution is 0.0328. The van der Waals surface area contributed by atoms with E-state index in [0.717, 1.165) is 24.2 Å². The number of rotatable bonds is 2. The minimum atomic E-state index is -0.105. The summed E-state index contributed by atoms with van der Waals surface area (Å²) < 4.78 is 0. The molecule has 2 saturated carbocycles. The zero-order valence-electron chi connectivity index (χ0n) is 9.79. The molecule has 0 aliphatic heterocycles. The summed E-state index contributed by atoms with van der Waals surface area (Å²) in [6.45, 7) is 6.43. The molecule has 0 heterocycles. The fourth-order valence-corrected chi connectivity index (χ4v) is 3.31. The SMILES string of the molecule is CC(C)(C)C(O)C[C@@H]1C[C@@H]2CC[C@H]1C2. The van der Waals surface area contributed by atoms with E-state index in [9.17, 15) is 5.11 Å². The molecule has 1 unspecified atom stereocenters. The highest BCUT2D eigenvalue weighted by molar-refractivity contribution is 4.92. The van der Waals surface area contributed by atoms with Gasteiger partial charge in [-0.2, -0.15) is 0 Å². The van der Waals surface area contributed by atoms with Gasteiger partial charge in [0.1, 0.15) is 0 Å². The van der Waals surface area contributed by atoms with Crippen LogP contribution in [0.15, 0.2) is 0 Å². The molecule has 0 radical (unpaired) electrons. The Morgan fingerprint density at radius 3 is 2.36 bits per heavy atom. The molecule has 0 aromatic rings. The van der Waals surface area contributed by atoms with Crippen LogP contribution in [0.3, 0.4) is 0 Å². The van der Waals surface area contributed by atoms with Gasteiger partial charge in [0.25, 0.3) is 0 Å². The van der Waals surface area contributed by atoms with Crippen LogP contribution in [0.5, 0.6) is 0 Å². The third-order valence-electron chi connectivity index (χ3n) is 4.41. The van der Waals surface area contributed by atoms with Crippen molar-refractivity contribution in [3.63, 3.8) is 0 Å². The van der Waals surface area contributed by atoms with Gasteiger partial charge in [0.15, 0.2) is 0 Å². The van der Waals surface area contributed by atoms with Crippen LogP contribution in [0.1, 0.15) is 52.9 Å². The van der Waals surface area contributed by atoms with Gasteiger partial charge in [0.2, 0.25) is 0 Å². The van der Waals surface area contributed by atoms with Gasteiger partial charge < -0.3 is 5.11 Å². The van der Waals surface area contributed by atoms with Crippen molar-refractivity contribution in [3.05, 3.63) is 0 Å². The van der Waals surface area contributed by atoms with Gasteiger partial charge in [0, 0.05) is 0 Å². The molecular formula is C13H24O. The second kappa shape index (κ2) is 3.52. The molecule has 4 atom stereocenters. The van der Waals surface area contributed by atoms with Gasteiger partial charge in [-0.15, -0.1) is 0 Å². The van der Waals surface area contributed by atoms with E-state index in [-0.39, 0.29) is 11.5 Å². The molecule has 82 valence electrons. The monoisotopic (exact) mass is 196 g/mol. The smallest absolute Gasteiger partial charge is 0.0591 e. The summed E-state index contributed by atoms with van der Waals surface area (Å²) in [6, 6.07) is 0. The Balaban J connectivity index is 1.87. The molecule has 14 heavy (non-hydrogen) atoms. The highest BCUT2D eigenvalue weighted by atomic mass is 16.3. The summed E-state index contributed by atoms with van der Waals surface area (Å²) in [7, 11) is 0. The summed E-state index contributed by atoms with van der Waals surface area (Å²) in [5, 5.41) is 10.1. The van der Waals surface area contributed by atoms with Crippen molar-refractivity contribution < 1.29 is 5.11 Å². The summed E-state index contributed by atoms with van der Waals surface area (Å²) in [4.78, 5) is 0. The second-order valence-corrected chi connectivity index (χ2v) is 6.55. The molecule has 2 aliphatic carbocycles. The third kappa shape index (κ3) is 1.98. The Kier molecular flexibility index (Phi) is 2.63. The maximum absolute atomic E-state index is 10.1.